The summed E-state index contributed by atoms with van der Waals surface area (Å²) in [4.78, 5) is 2.05. The number of furan rings is 1. The summed E-state index contributed by atoms with van der Waals surface area (Å²) in [6, 6.07) is 3.96. The van der Waals surface area contributed by atoms with Gasteiger partial charge in [-0.15, -0.1) is 13.2 Å². The number of hydrogen-bond donors (Lipinski definition) is 3. The molecule has 176 valence electrons. The fourth-order valence-electron chi connectivity index (χ4n) is 2.58. The maximum Gasteiger partial charge on any atom is 0.367 e. The Kier molecular flexibility index (Phi) is 9.22. The van der Waals surface area contributed by atoms with Crippen molar-refractivity contribution in [3.8, 4) is 5.88 Å². The molecule has 11 nitrogen and oxygen atoms in total. The van der Waals surface area contributed by atoms with Crippen LogP contribution >= 0.6 is 35.3 Å². The third-order valence-corrected chi connectivity index (χ3v) is 7.26. The van der Waals surface area contributed by atoms with E-state index in [-0.39, 0.29) is 17.6 Å². The van der Waals surface area contributed by atoms with Crippen LogP contribution < -0.4 is 10.6 Å². The Morgan fingerprint density at radius 1 is 1.03 bits per heavy atom. The van der Waals surface area contributed by atoms with E-state index < -0.39 is 10.2 Å². The molecule has 0 saturated heterocycles. The van der Waals surface area contributed by atoms with Crippen LogP contribution in [-0.4, -0.2) is 77.5 Å². The molecular formula is C17H25N7O4S4. The highest BCUT2D eigenvalue weighted by Gasteiger charge is 2.23. The average molecular weight is 520 g/mol. The minimum Gasteiger partial charge on any atom is -0.491 e. The molecule has 0 aromatic carbocycles. The van der Waals surface area contributed by atoms with Crippen molar-refractivity contribution in [2.45, 2.75) is 18.1 Å². The second-order valence-electron chi connectivity index (χ2n) is 6.93. The molecule has 0 amide bonds. The molecule has 0 spiro atoms. The van der Waals surface area contributed by atoms with Gasteiger partial charge in [0, 0.05) is 30.3 Å². The van der Waals surface area contributed by atoms with Crippen molar-refractivity contribution < 1.29 is 17.9 Å². The summed E-state index contributed by atoms with van der Waals surface area (Å²) in [6.07, 6.45) is 0. The Bertz CT molecular complexity index is 1050. The number of amidine groups is 2. The van der Waals surface area contributed by atoms with Crippen molar-refractivity contribution in [3.05, 3.63) is 29.3 Å². The maximum absolute atomic E-state index is 11.8. The number of nitrogens with zero attached hydrogens (tertiary/aromatic N) is 5. The van der Waals surface area contributed by atoms with Crippen molar-refractivity contribution in [2.75, 3.05) is 38.7 Å². The number of rotatable bonds is 12. The van der Waals surface area contributed by atoms with E-state index in [1.165, 1.54) is 11.8 Å². The summed E-state index contributed by atoms with van der Waals surface area (Å²) in [5, 5.41) is 15.5. The van der Waals surface area contributed by atoms with Crippen LogP contribution in [0.15, 0.2) is 25.3 Å². The smallest absolute Gasteiger partial charge is 0.367 e. The number of aromatic hydroxyl groups is 1. The van der Waals surface area contributed by atoms with Gasteiger partial charge in [-0.3, -0.25) is 0 Å². The highest BCUT2D eigenvalue weighted by molar-refractivity contribution is 7.98. The molecule has 0 unspecified atom stereocenters. The number of aromatic nitrogens is 2. The molecule has 3 rings (SSSR count). The van der Waals surface area contributed by atoms with Crippen molar-refractivity contribution in [2.24, 2.45) is 8.80 Å². The van der Waals surface area contributed by atoms with Gasteiger partial charge >= 0.3 is 10.2 Å². The van der Waals surface area contributed by atoms with Crippen molar-refractivity contribution in [1.29, 1.82) is 0 Å². The van der Waals surface area contributed by atoms with Crippen molar-refractivity contribution >= 4 is 57.1 Å². The lowest BCUT2D eigenvalue weighted by Gasteiger charge is -2.09. The molecule has 0 saturated carbocycles. The van der Waals surface area contributed by atoms with Crippen LogP contribution in [0.1, 0.15) is 17.2 Å². The van der Waals surface area contributed by atoms with Gasteiger partial charge in [0.25, 0.3) is 0 Å². The second-order valence-corrected chi connectivity index (χ2v) is 10.9. The van der Waals surface area contributed by atoms with Gasteiger partial charge in [-0.25, -0.2) is 0 Å². The zero-order valence-electron chi connectivity index (χ0n) is 17.6. The van der Waals surface area contributed by atoms with Crippen molar-refractivity contribution in [1.82, 2.24) is 24.3 Å². The summed E-state index contributed by atoms with van der Waals surface area (Å²) < 4.78 is 44.3. The topological polar surface area (TPSA) is 145 Å². The molecule has 3 N–H and O–H groups in total. The van der Waals surface area contributed by atoms with E-state index in [9.17, 15) is 13.5 Å². The third-order valence-electron chi connectivity index (χ3n) is 3.92. The largest absolute Gasteiger partial charge is 0.491 e. The normalized spacial score (nSPS) is 15.1. The number of thioether (sulfide) groups is 2. The predicted molar refractivity (Wildman–Crippen MR) is 130 cm³/mol. The van der Waals surface area contributed by atoms with Crippen LogP contribution in [0.3, 0.4) is 0 Å². The first-order chi connectivity index (χ1) is 15.3. The Hall–Kier alpha value is -1.81. The molecule has 0 radical (unpaired) electrons. The van der Waals surface area contributed by atoms with Crippen LogP contribution in [-0.2, 0) is 28.3 Å². The standard InChI is InChI=1S/C17H25N7O4S4/c1-24(2)9-12-3-4-13(28-12)10-29-7-5-18-15-16(23-32(26,27)22-15)19-6-8-30-11-14-17(25)21-31-20-14/h3-4H,5-11H2,1-2H3,(H,18,22)(H,19,23)(H,21,25). The monoisotopic (exact) mass is 519 g/mol. The molecule has 0 fully saturated rings. The van der Waals surface area contributed by atoms with Crippen LogP contribution in [0.5, 0.6) is 5.88 Å². The first-order valence-electron chi connectivity index (χ1n) is 9.63. The minimum atomic E-state index is -3.85. The van der Waals surface area contributed by atoms with Gasteiger partial charge < -0.3 is 25.1 Å². The highest BCUT2D eigenvalue weighted by Crippen LogP contribution is 2.19. The highest BCUT2D eigenvalue weighted by atomic mass is 32.2. The average Bonchev–Trinajstić information content (AvgIpc) is 3.40. The molecule has 1 aliphatic rings. The van der Waals surface area contributed by atoms with E-state index >= 15 is 0 Å². The lowest BCUT2D eigenvalue weighted by Crippen LogP contribution is -2.40. The lowest BCUT2D eigenvalue weighted by atomic mass is 10.4. The molecule has 0 bridgehead atoms. The van der Waals surface area contributed by atoms with E-state index in [1.54, 1.807) is 11.8 Å². The summed E-state index contributed by atoms with van der Waals surface area (Å²) in [6.45, 7) is 1.79. The Balaban J connectivity index is 1.35. The Labute approximate surface area is 199 Å². The molecule has 0 atom stereocenters. The van der Waals surface area contributed by atoms with Gasteiger partial charge in [0.1, 0.15) is 17.2 Å². The van der Waals surface area contributed by atoms with Crippen LogP contribution in [0.4, 0.5) is 0 Å². The van der Waals surface area contributed by atoms with Crippen LogP contribution in [0.25, 0.3) is 0 Å². The van der Waals surface area contributed by atoms with Crippen LogP contribution in [0, 0.1) is 0 Å². The predicted octanol–water partition coefficient (Wildman–Crippen LogP) is 1.30. The lowest BCUT2D eigenvalue weighted by molar-refractivity contribution is 0.344. The zero-order chi connectivity index (χ0) is 23.0. The SMILES string of the molecule is CN(C)Cc1ccc(CSCCNC2=NS(=O)(=O)N=C2NCCSCc2nsnc2O)o1. The van der Waals surface area contributed by atoms with E-state index in [0.717, 1.165) is 41.3 Å². The molecule has 3 heterocycles. The molecule has 1 aliphatic heterocycles. The molecule has 0 aliphatic carbocycles. The fraction of sp³-hybridized carbons (Fsp3) is 0.529. The number of nitrogens with one attached hydrogen (secondary N) is 2. The quantitative estimate of drug-likeness (QED) is 0.349. The molecule has 32 heavy (non-hydrogen) atoms. The van der Waals surface area contributed by atoms with Gasteiger partial charge in [-0.1, -0.05) is 0 Å². The molecular weight excluding hydrogens is 495 g/mol. The molecule has 2 aromatic rings. The summed E-state index contributed by atoms with van der Waals surface area (Å²) >= 11 is 4.18. The van der Waals surface area contributed by atoms with Gasteiger partial charge in [0.15, 0.2) is 11.7 Å². The van der Waals surface area contributed by atoms with E-state index in [0.29, 0.717) is 30.3 Å². The van der Waals surface area contributed by atoms with Gasteiger partial charge in [-0.2, -0.15) is 36.3 Å². The van der Waals surface area contributed by atoms with Crippen molar-refractivity contribution in [3.63, 3.8) is 0 Å². The van der Waals surface area contributed by atoms with E-state index in [4.69, 9.17) is 4.42 Å². The fourth-order valence-corrected chi connectivity index (χ4v) is 5.46. The van der Waals surface area contributed by atoms with E-state index in [2.05, 4.69) is 28.2 Å². The summed E-state index contributed by atoms with van der Waals surface area (Å²) in [5.74, 6) is 4.92. The van der Waals surface area contributed by atoms with Gasteiger partial charge in [0.2, 0.25) is 5.88 Å². The Morgan fingerprint density at radius 2 is 1.66 bits per heavy atom. The maximum atomic E-state index is 11.8. The van der Waals surface area contributed by atoms with Gasteiger partial charge in [-0.05, 0) is 26.2 Å². The minimum absolute atomic E-state index is 0.0424. The second kappa shape index (κ2) is 11.9. The first-order valence-corrected chi connectivity index (χ1v) is 14.1. The van der Waals surface area contributed by atoms with Gasteiger partial charge in [0.05, 0.1) is 24.0 Å². The van der Waals surface area contributed by atoms with E-state index in [1.807, 2.05) is 31.1 Å². The Morgan fingerprint density at radius 3 is 2.25 bits per heavy atom. The molecule has 2 aromatic heterocycles. The first kappa shape index (κ1) is 24.8. The number of hydrogen-bond acceptors (Lipinski definition) is 12. The van der Waals surface area contributed by atoms with Crippen LogP contribution in [0.2, 0.25) is 0 Å². The summed E-state index contributed by atoms with van der Waals surface area (Å²) in [5.41, 5.74) is 0.547. The zero-order valence-corrected chi connectivity index (χ0v) is 20.9. The third kappa shape index (κ3) is 7.95. The summed E-state index contributed by atoms with van der Waals surface area (Å²) in [7, 11) is 0.131. The molecule has 15 heteroatoms.